The van der Waals surface area contributed by atoms with Crippen LogP contribution in [0.3, 0.4) is 0 Å². The summed E-state index contributed by atoms with van der Waals surface area (Å²) in [6.07, 6.45) is 4.64. The Hall–Kier alpha value is -1.31. The highest BCUT2D eigenvalue weighted by Gasteiger charge is 2.09. The zero-order valence-electron chi connectivity index (χ0n) is 11.5. The van der Waals surface area contributed by atoms with Crippen LogP contribution in [0.1, 0.15) is 57.4 Å². The van der Waals surface area contributed by atoms with E-state index in [0.29, 0.717) is 18.9 Å². The highest BCUT2D eigenvalue weighted by molar-refractivity contribution is 5.69. The summed E-state index contributed by atoms with van der Waals surface area (Å²) in [7, 11) is 0. The van der Waals surface area contributed by atoms with Crippen LogP contribution < -0.4 is 0 Å². The van der Waals surface area contributed by atoms with Gasteiger partial charge in [0.1, 0.15) is 0 Å². The second-order valence-corrected chi connectivity index (χ2v) is 4.78. The fourth-order valence-corrected chi connectivity index (χ4v) is 1.89. The first-order valence-electron chi connectivity index (χ1n) is 6.94. The molecule has 100 valence electrons. The Labute approximate surface area is 110 Å². The number of carbonyl (C=O) groups is 1. The molecule has 1 aromatic rings. The Morgan fingerprint density at radius 3 is 2.61 bits per heavy atom. The van der Waals surface area contributed by atoms with Crippen LogP contribution in [-0.2, 0) is 9.53 Å². The lowest BCUT2D eigenvalue weighted by Crippen LogP contribution is -2.07. The van der Waals surface area contributed by atoms with Gasteiger partial charge in [-0.15, -0.1) is 0 Å². The zero-order valence-corrected chi connectivity index (χ0v) is 11.5. The third-order valence-corrected chi connectivity index (χ3v) is 3.16. The second-order valence-electron chi connectivity index (χ2n) is 4.78. The summed E-state index contributed by atoms with van der Waals surface area (Å²) in [5.41, 5.74) is 1.29. The molecule has 18 heavy (non-hydrogen) atoms. The Kier molecular flexibility index (Phi) is 7.16. The third-order valence-electron chi connectivity index (χ3n) is 3.16. The average Bonchev–Trinajstić information content (AvgIpc) is 2.42. The number of ether oxygens (including phenoxy) is 1. The van der Waals surface area contributed by atoms with E-state index in [0.717, 1.165) is 25.7 Å². The van der Waals surface area contributed by atoms with Gasteiger partial charge in [0.25, 0.3) is 0 Å². The molecule has 0 aliphatic heterocycles. The van der Waals surface area contributed by atoms with E-state index in [9.17, 15) is 4.79 Å². The maximum atomic E-state index is 11.5. The first-order chi connectivity index (χ1) is 8.74. The molecule has 1 rings (SSSR count). The van der Waals surface area contributed by atoms with Gasteiger partial charge in [0.05, 0.1) is 6.61 Å². The summed E-state index contributed by atoms with van der Waals surface area (Å²) < 4.78 is 5.19. The molecule has 0 heterocycles. The Morgan fingerprint density at radius 1 is 1.22 bits per heavy atom. The van der Waals surface area contributed by atoms with Crippen LogP contribution >= 0.6 is 0 Å². The van der Waals surface area contributed by atoms with Crippen molar-refractivity contribution >= 4 is 5.97 Å². The fourth-order valence-electron chi connectivity index (χ4n) is 1.89. The van der Waals surface area contributed by atoms with E-state index in [4.69, 9.17) is 4.74 Å². The number of hydrogen-bond acceptors (Lipinski definition) is 2. The van der Waals surface area contributed by atoms with Crippen LogP contribution in [0.15, 0.2) is 30.3 Å². The molecule has 2 heteroatoms. The smallest absolute Gasteiger partial charge is 0.305 e. The van der Waals surface area contributed by atoms with Crippen molar-refractivity contribution in [3.05, 3.63) is 35.9 Å². The van der Waals surface area contributed by atoms with Crippen LogP contribution in [0.5, 0.6) is 0 Å². The van der Waals surface area contributed by atoms with Crippen LogP contribution in [-0.4, -0.2) is 12.6 Å². The van der Waals surface area contributed by atoms with Gasteiger partial charge in [-0.2, -0.15) is 0 Å². The molecule has 0 saturated heterocycles. The molecule has 0 N–H and O–H groups in total. The SMILES string of the molecule is CCCCCOC(=O)CCC(C)c1ccccc1. The van der Waals surface area contributed by atoms with Crippen LogP contribution in [0, 0.1) is 0 Å². The highest BCUT2D eigenvalue weighted by Crippen LogP contribution is 2.20. The first kappa shape index (κ1) is 14.7. The number of carbonyl (C=O) groups excluding carboxylic acids is 1. The van der Waals surface area contributed by atoms with E-state index < -0.39 is 0 Å². The zero-order chi connectivity index (χ0) is 13.2. The molecule has 0 aliphatic carbocycles. The molecule has 0 bridgehead atoms. The molecule has 0 fully saturated rings. The normalized spacial score (nSPS) is 12.1. The second kappa shape index (κ2) is 8.73. The van der Waals surface area contributed by atoms with Crippen molar-refractivity contribution in [1.29, 1.82) is 0 Å². The molecular weight excluding hydrogens is 224 g/mol. The maximum absolute atomic E-state index is 11.5. The van der Waals surface area contributed by atoms with Crippen molar-refractivity contribution < 1.29 is 9.53 Å². The third kappa shape index (κ3) is 5.85. The topological polar surface area (TPSA) is 26.3 Å². The number of unbranched alkanes of at least 4 members (excludes halogenated alkanes) is 2. The summed E-state index contributed by atoms with van der Waals surface area (Å²) in [6.45, 7) is 4.87. The molecule has 0 amide bonds. The Morgan fingerprint density at radius 2 is 1.94 bits per heavy atom. The molecule has 1 atom stereocenters. The molecule has 0 spiro atoms. The number of hydrogen-bond donors (Lipinski definition) is 0. The monoisotopic (exact) mass is 248 g/mol. The standard InChI is InChI=1S/C16H24O2/c1-3-4-8-13-18-16(17)12-11-14(2)15-9-6-5-7-10-15/h5-7,9-10,14H,3-4,8,11-13H2,1-2H3. The van der Waals surface area contributed by atoms with Gasteiger partial charge in [0.2, 0.25) is 0 Å². The highest BCUT2D eigenvalue weighted by atomic mass is 16.5. The van der Waals surface area contributed by atoms with E-state index in [1.165, 1.54) is 5.56 Å². The summed E-state index contributed by atoms with van der Waals surface area (Å²) in [5.74, 6) is 0.350. The quantitative estimate of drug-likeness (QED) is 0.506. The van der Waals surface area contributed by atoms with Gasteiger partial charge in [-0.3, -0.25) is 4.79 Å². The summed E-state index contributed by atoms with van der Waals surface area (Å²) >= 11 is 0. The summed E-state index contributed by atoms with van der Waals surface area (Å²) in [4.78, 5) is 11.5. The minimum Gasteiger partial charge on any atom is -0.466 e. The van der Waals surface area contributed by atoms with Crippen LogP contribution in [0.25, 0.3) is 0 Å². The van der Waals surface area contributed by atoms with Crippen molar-refractivity contribution in [3.63, 3.8) is 0 Å². The van der Waals surface area contributed by atoms with Gasteiger partial charge >= 0.3 is 5.97 Å². The van der Waals surface area contributed by atoms with E-state index in [1.807, 2.05) is 18.2 Å². The lowest BCUT2D eigenvalue weighted by atomic mass is 9.96. The molecular formula is C16H24O2. The summed E-state index contributed by atoms with van der Waals surface area (Å²) in [6, 6.07) is 10.3. The fraction of sp³-hybridized carbons (Fsp3) is 0.562. The van der Waals surface area contributed by atoms with Crippen molar-refractivity contribution in [2.45, 2.75) is 51.9 Å². The van der Waals surface area contributed by atoms with Gasteiger partial charge in [0.15, 0.2) is 0 Å². The molecule has 0 radical (unpaired) electrons. The van der Waals surface area contributed by atoms with Crippen molar-refractivity contribution in [2.75, 3.05) is 6.61 Å². The number of benzene rings is 1. The van der Waals surface area contributed by atoms with Crippen LogP contribution in [0.4, 0.5) is 0 Å². The van der Waals surface area contributed by atoms with E-state index >= 15 is 0 Å². The Balaban J connectivity index is 2.18. The van der Waals surface area contributed by atoms with Crippen molar-refractivity contribution in [3.8, 4) is 0 Å². The lowest BCUT2D eigenvalue weighted by Gasteiger charge is -2.11. The average molecular weight is 248 g/mol. The van der Waals surface area contributed by atoms with Gasteiger partial charge < -0.3 is 4.74 Å². The largest absolute Gasteiger partial charge is 0.466 e. The van der Waals surface area contributed by atoms with Gasteiger partial charge in [-0.05, 0) is 24.3 Å². The van der Waals surface area contributed by atoms with Gasteiger partial charge in [-0.25, -0.2) is 0 Å². The van der Waals surface area contributed by atoms with Crippen LogP contribution in [0.2, 0.25) is 0 Å². The lowest BCUT2D eigenvalue weighted by molar-refractivity contribution is -0.143. The van der Waals surface area contributed by atoms with Gasteiger partial charge in [-0.1, -0.05) is 57.0 Å². The first-order valence-corrected chi connectivity index (χ1v) is 6.94. The number of esters is 1. The van der Waals surface area contributed by atoms with Gasteiger partial charge in [0, 0.05) is 6.42 Å². The maximum Gasteiger partial charge on any atom is 0.305 e. The molecule has 0 saturated carbocycles. The Bertz CT molecular complexity index is 332. The van der Waals surface area contributed by atoms with Crippen molar-refractivity contribution in [1.82, 2.24) is 0 Å². The molecule has 0 aromatic heterocycles. The summed E-state index contributed by atoms with van der Waals surface area (Å²) in [5, 5.41) is 0. The predicted octanol–water partition coefficient (Wildman–Crippen LogP) is 4.30. The van der Waals surface area contributed by atoms with Crippen molar-refractivity contribution in [2.24, 2.45) is 0 Å². The predicted molar refractivity (Wildman–Crippen MR) is 74.6 cm³/mol. The van der Waals surface area contributed by atoms with E-state index in [1.54, 1.807) is 0 Å². The molecule has 1 unspecified atom stereocenters. The minimum absolute atomic E-state index is 0.0612. The molecule has 1 aromatic carbocycles. The molecule has 0 aliphatic rings. The molecule has 2 nitrogen and oxygen atoms in total. The number of rotatable bonds is 8. The van der Waals surface area contributed by atoms with E-state index in [2.05, 4.69) is 26.0 Å². The minimum atomic E-state index is -0.0612. The van der Waals surface area contributed by atoms with E-state index in [-0.39, 0.29) is 5.97 Å².